The minimum absolute atomic E-state index is 0.355. The third-order valence-electron chi connectivity index (χ3n) is 4.10. The van der Waals surface area contributed by atoms with Gasteiger partial charge in [0.2, 0.25) is 0 Å². The van der Waals surface area contributed by atoms with Crippen LogP contribution < -0.4 is 0 Å². The van der Waals surface area contributed by atoms with E-state index in [2.05, 4.69) is 16.0 Å². The molecule has 0 saturated heterocycles. The molecule has 2 heterocycles. The molecule has 0 amide bonds. The van der Waals surface area contributed by atoms with Gasteiger partial charge >= 0.3 is 5.97 Å². The number of aromatic amines is 1. The Labute approximate surface area is 127 Å². The number of rotatable bonds is 2. The van der Waals surface area contributed by atoms with Crippen LogP contribution in [0.2, 0.25) is 0 Å². The van der Waals surface area contributed by atoms with Crippen molar-refractivity contribution in [2.45, 2.75) is 13.3 Å². The largest absolute Gasteiger partial charge is 0.478 e. The zero-order chi connectivity index (χ0) is 15.3. The molecule has 0 spiro atoms. The third-order valence-corrected chi connectivity index (χ3v) is 4.10. The van der Waals surface area contributed by atoms with E-state index in [9.17, 15) is 9.90 Å². The number of nitrogens with zero attached hydrogens (tertiary/aromatic N) is 1. The molecular weight excluding hydrogens is 276 g/mol. The Balaban J connectivity index is 1.85. The number of hydrogen-bond donors (Lipinski definition) is 2. The minimum atomic E-state index is -0.893. The molecule has 0 aliphatic carbocycles. The summed E-state index contributed by atoms with van der Waals surface area (Å²) in [6.45, 7) is 1.89. The highest BCUT2D eigenvalue weighted by Gasteiger charge is 2.24. The molecule has 108 valence electrons. The molecule has 0 atom stereocenters. The lowest BCUT2D eigenvalue weighted by Gasteiger charge is -2.04. The van der Waals surface area contributed by atoms with Crippen LogP contribution in [0.5, 0.6) is 0 Å². The van der Waals surface area contributed by atoms with Crippen molar-refractivity contribution in [2.75, 3.05) is 0 Å². The number of carbonyl (C=O) groups is 1. The molecule has 4 rings (SSSR count). The van der Waals surface area contributed by atoms with Crippen molar-refractivity contribution >= 4 is 28.3 Å². The van der Waals surface area contributed by atoms with Gasteiger partial charge in [-0.15, -0.1) is 0 Å². The fraction of sp³-hybridized carbons (Fsp3) is 0.111. The van der Waals surface area contributed by atoms with E-state index < -0.39 is 5.97 Å². The molecule has 0 unspecified atom stereocenters. The molecule has 3 aromatic rings. The zero-order valence-electron chi connectivity index (χ0n) is 12.1. The number of aromatic nitrogens is 1. The zero-order valence-corrected chi connectivity index (χ0v) is 12.1. The summed E-state index contributed by atoms with van der Waals surface area (Å²) in [6, 6.07) is 11.7. The van der Waals surface area contributed by atoms with Gasteiger partial charge in [0.05, 0.1) is 17.0 Å². The van der Waals surface area contributed by atoms with Crippen LogP contribution in [0, 0.1) is 6.92 Å². The molecule has 2 N–H and O–H groups in total. The Hall–Kier alpha value is -2.88. The Morgan fingerprint density at radius 1 is 1.27 bits per heavy atom. The number of aromatic carboxylic acids is 1. The quantitative estimate of drug-likeness (QED) is 0.752. The molecule has 0 radical (unpaired) electrons. The first-order valence-corrected chi connectivity index (χ1v) is 7.14. The second-order valence-electron chi connectivity index (χ2n) is 5.60. The number of aryl methyl sites for hydroxylation is 1. The number of carboxylic acid groups (broad SMARTS) is 1. The maximum atomic E-state index is 11.5. The van der Waals surface area contributed by atoms with Crippen molar-refractivity contribution in [3.8, 4) is 0 Å². The number of fused-ring (bicyclic) bond motifs is 2. The van der Waals surface area contributed by atoms with E-state index in [4.69, 9.17) is 0 Å². The molecule has 4 nitrogen and oxygen atoms in total. The highest BCUT2D eigenvalue weighted by Crippen LogP contribution is 2.34. The molecule has 0 saturated carbocycles. The molecule has 1 aliphatic rings. The van der Waals surface area contributed by atoms with Crippen LogP contribution in [0.1, 0.15) is 27.0 Å². The highest BCUT2D eigenvalue weighted by molar-refractivity contribution is 6.15. The highest BCUT2D eigenvalue weighted by atomic mass is 16.4. The number of nitrogens with one attached hydrogen (secondary N) is 1. The van der Waals surface area contributed by atoms with Crippen LogP contribution in [0.15, 0.2) is 47.6 Å². The van der Waals surface area contributed by atoms with Gasteiger partial charge in [-0.05, 0) is 36.2 Å². The fourth-order valence-electron chi connectivity index (χ4n) is 3.09. The summed E-state index contributed by atoms with van der Waals surface area (Å²) >= 11 is 0. The normalized spacial score (nSPS) is 13.2. The molecule has 22 heavy (non-hydrogen) atoms. The number of H-pyrrole nitrogens is 1. The molecule has 4 heteroatoms. The van der Waals surface area contributed by atoms with Crippen LogP contribution in [0.4, 0.5) is 5.69 Å². The molecule has 0 fully saturated rings. The topological polar surface area (TPSA) is 65.4 Å². The first-order valence-electron chi connectivity index (χ1n) is 7.14. The summed E-state index contributed by atoms with van der Waals surface area (Å²) in [4.78, 5) is 19.4. The lowest BCUT2D eigenvalue weighted by Crippen LogP contribution is -2.05. The van der Waals surface area contributed by atoms with Crippen LogP contribution in [-0.4, -0.2) is 21.8 Å². The van der Waals surface area contributed by atoms with Gasteiger partial charge in [-0.1, -0.05) is 18.2 Å². The van der Waals surface area contributed by atoms with Gasteiger partial charge in [0, 0.05) is 29.1 Å². The van der Waals surface area contributed by atoms with E-state index in [1.54, 1.807) is 6.07 Å². The number of aliphatic imine (C=N–C) groups is 1. The average molecular weight is 290 g/mol. The standard InChI is InChI=1S/C18H14N2O2/c1-10-6-13(18(21)22)12-8-17(20-16(12)7-10)14-9-19-15-5-3-2-4-11(14)15/h2-7,9,19H,8H2,1H3,(H,21,22). The fourth-order valence-corrected chi connectivity index (χ4v) is 3.09. The maximum absolute atomic E-state index is 11.5. The van der Waals surface area contributed by atoms with E-state index in [-0.39, 0.29) is 0 Å². The monoisotopic (exact) mass is 290 g/mol. The lowest BCUT2D eigenvalue weighted by atomic mass is 9.98. The Bertz CT molecular complexity index is 951. The summed E-state index contributed by atoms with van der Waals surface area (Å²) in [6.07, 6.45) is 2.50. The predicted octanol–water partition coefficient (Wildman–Crippen LogP) is 3.85. The average Bonchev–Trinajstić information content (AvgIpc) is 3.09. The molecule has 1 aromatic heterocycles. The first kappa shape index (κ1) is 12.8. The molecule has 2 aromatic carbocycles. The lowest BCUT2D eigenvalue weighted by molar-refractivity contribution is 0.0696. The van der Waals surface area contributed by atoms with E-state index in [0.717, 1.165) is 39.0 Å². The van der Waals surface area contributed by atoms with E-state index in [0.29, 0.717) is 12.0 Å². The summed E-state index contributed by atoms with van der Waals surface area (Å²) in [5.74, 6) is -0.893. The van der Waals surface area contributed by atoms with E-state index in [1.807, 2.05) is 37.4 Å². The number of carboxylic acids is 1. The molecule has 1 aliphatic heterocycles. The minimum Gasteiger partial charge on any atom is -0.478 e. The Morgan fingerprint density at radius 3 is 2.91 bits per heavy atom. The number of hydrogen-bond acceptors (Lipinski definition) is 2. The molecular formula is C18H14N2O2. The van der Waals surface area contributed by atoms with E-state index in [1.165, 1.54) is 0 Å². The molecule has 0 bridgehead atoms. The van der Waals surface area contributed by atoms with Gasteiger partial charge in [0.25, 0.3) is 0 Å². The van der Waals surface area contributed by atoms with Crippen molar-refractivity contribution in [3.63, 3.8) is 0 Å². The second kappa shape index (κ2) is 4.56. The van der Waals surface area contributed by atoms with Gasteiger partial charge in [-0.3, -0.25) is 4.99 Å². The summed E-state index contributed by atoms with van der Waals surface area (Å²) in [5.41, 5.74) is 5.87. The van der Waals surface area contributed by atoms with E-state index >= 15 is 0 Å². The SMILES string of the molecule is Cc1cc2c(c(C(=O)O)c1)CC(c1c[nH]c3ccccc13)=N2. The third kappa shape index (κ3) is 1.84. The van der Waals surface area contributed by atoms with Crippen molar-refractivity contribution in [1.29, 1.82) is 0 Å². The predicted molar refractivity (Wildman–Crippen MR) is 86.3 cm³/mol. The van der Waals surface area contributed by atoms with Crippen molar-refractivity contribution in [1.82, 2.24) is 4.98 Å². The van der Waals surface area contributed by atoms with Gasteiger partial charge in [0.15, 0.2) is 0 Å². The van der Waals surface area contributed by atoms with Crippen LogP contribution >= 0.6 is 0 Å². The van der Waals surface area contributed by atoms with Crippen LogP contribution in [0.3, 0.4) is 0 Å². The summed E-state index contributed by atoms with van der Waals surface area (Å²) in [7, 11) is 0. The van der Waals surface area contributed by atoms with Crippen molar-refractivity contribution < 1.29 is 9.90 Å². The maximum Gasteiger partial charge on any atom is 0.336 e. The number of para-hydroxylation sites is 1. The van der Waals surface area contributed by atoms with Crippen molar-refractivity contribution in [3.05, 3.63) is 64.8 Å². The van der Waals surface area contributed by atoms with Gasteiger partial charge in [0.1, 0.15) is 0 Å². The second-order valence-corrected chi connectivity index (χ2v) is 5.60. The summed E-state index contributed by atoms with van der Waals surface area (Å²) in [5, 5.41) is 10.5. The first-order chi connectivity index (χ1) is 10.6. The van der Waals surface area contributed by atoms with Crippen LogP contribution in [-0.2, 0) is 6.42 Å². The Kier molecular flexibility index (Phi) is 2.66. The van der Waals surface area contributed by atoms with Crippen molar-refractivity contribution in [2.24, 2.45) is 4.99 Å². The van der Waals surface area contributed by atoms with Gasteiger partial charge < -0.3 is 10.1 Å². The number of benzene rings is 2. The van der Waals surface area contributed by atoms with Gasteiger partial charge in [-0.25, -0.2) is 4.79 Å². The van der Waals surface area contributed by atoms with Crippen LogP contribution in [0.25, 0.3) is 10.9 Å². The summed E-state index contributed by atoms with van der Waals surface area (Å²) < 4.78 is 0. The smallest absolute Gasteiger partial charge is 0.336 e. The Morgan fingerprint density at radius 2 is 2.09 bits per heavy atom. The van der Waals surface area contributed by atoms with Gasteiger partial charge in [-0.2, -0.15) is 0 Å².